The van der Waals surface area contributed by atoms with Crippen LogP contribution in [0.25, 0.3) is 0 Å². The summed E-state index contributed by atoms with van der Waals surface area (Å²) in [5, 5.41) is 3.32. The van der Waals surface area contributed by atoms with Crippen LogP contribution in [0.15, 0.2) is 18.5 Å². The summed E-state index contributed by atoms with van der Waals surface area (Å²) in [6, 6.07) is 2.21. The Balaban J connectivity index is 2.00. The fraction of sp³-hybridized carbons (Fsp3) is 0.643. The quantitative estimate of drug-likeness (QED) is 0.866. The number of pyridine rings is 1. The number of hydrogen-bond acceptors (Lipinski definition) is 3. The van der Waals surface area contributed by atoms with Crippen molar-refractivity contribution in [1.82, 2.24) is 4.98 Å². The van der Waals surface area contributed by atoms with E-state index in [2.05, 4.69) is 35.1 Å². The molecule has 0 radical (unpaired) electrons. The third kappa shape index (κ3) is 3.11. The van der Waals surface area contributed by atoms with Crippen LogP contribution in [0.3, 0.4) is 0 Å². The van der Waals surface area contributed by atoms with Crippen molar-refractivity contribution >= 4 is 11.4 Å². The molecule has 0 spiro atoms. The molecular formula is C14H23N3. The Morgan fingerprint density at radius 2 is 2.06 bits per heavy atom. The summed E-state index contributed by atoms with van der Waals surface area (Å²) in [7, 11) is 0. The van der Waals surface area contributed by atoms with Gasteiger partial charge in [-0.25, -0.2) is 0 Å². The van der Waals surface area contributed by atoms with E-state index >= 15 is 0 Å². The third-order valence-electron chi connectivity index (χ3n) is 3.66. The van der Waals surface area contributed by atoms with Crippen LogP contribution >= 0.6 is 0 Å². The van der Waals surface area contributed by atoms with Gasteiger partial charge in [0.1, 0.15) is 0 Å². The molecule has 1 aliphatic rings. The van der Waals surface area contributed by atoms with E-state index in [1.165, 1.54) is 38.0 Å². The monoisotopic (exact) mass is 233 g/mol. The second-order valence-corrected chi connectivity index (χ2v) is 4.80. The minimum absolute atomic E-state index is 0.927. The van der Waals surface area contributed by atoms with E-state index in [9.17, 15) is 0 Å². The molecule has 1 saturated heterocycles. The fourth-order valence-electron chi connectivity index (χ4n) is 2.50. The van der Waals surface area contributed by atoms with Gasteiger partial charge in [-0.3, -0.25) is 4.98 Å². The SMILES string of the molecule is CCNc1cncc(N2CCC(CC)CC2)c1. The molecule has 3 heteroatoms. The number of anilines is 2. The Morgan fingerprint density at radius 1 is 1.29 bits per heavy atom. The highest BCUT2D eigenvalue weighted by Gasteiger charge is 2.18. The normalized spacial score (nSPS) is 17.2. The van der Waals surface area contributed by atoms with Crippen LogP contribution in [0.2, 0.25) is 0 Å². The highest BCUT2D eigenvalue weighted by molar-refractivity contribution is 5.55. The minimum Gasteiger partial charge on any atom is -0.384 e. The van der Waals surface area contributed by atoms with Crippen LogP contribution in [0, 0.1) is 5.92 Å². The van der Waals surface area contributed by atoms with Crippen LogP contribution in [0.1, 0.15) is 33.1 Å². The maximum Gasteiger partial charge on any atom is 0.0573 e. The summed E-state index contributed by atoms with van der Waals surface area (Å²) >= 11 is 0. The predicted molar refractivity (Wildman–Crippen MR) is 73.6 cm³/mol. The summed E-state index contributed by atoms with van der Waals surface area (Å²) in [4.78, 5) is 6.77. The molecule has 0 aliphatic carbocycles. The summed E-state index contributed by atoms with van der Waals surface area (Å²) < 4.78 is 0. The Bertz CT molecular complexity index is 343. The summed E-state index contributed by atoms with van der Waals surface area (Å²) in [5.41, 5.74) is 2.39. The molecule has 1 fully saturated rings. The number of nitrogens with zero attached hydrogens (tertiary/aromatic N) is 2. The van der Waals surface area contributed by atoms with Crippen LogP contribution in [-0.2, 0) is 0 Å². The van der Waals surface area contributed by atoms with Gasteiger partial charge in [0.15, 0.2) is 0 Å². The van der Waals surface area contributed by atoms with Crippen molar-refractivity contribution in [3.05, 3.63) is 18.5 Å². The first-order valence-corrected chi connectivity index (χ1v) is 6.77. The van der Waals surface area contributed by atoms with Crippen molar-refractivity contribution in [3.8, 4) is 0 Å². The predicted octanol–water partition coefficient (Wildman–Crippen LogP) is 3.14. The van der Waals surface area contributed by atoms with Gasteiger partial charge in [-0.15, -0.1) is 0 Å². The average molecular weight is 233 g/mol. The molecule has 0 aromatic carbocycles. The molecule has 0 amide bonds. The number of rotatable bonds is 4. The van der Waals surface area contributed by atoms with E-state index in [1.54, 1.807) is 0 Å². The van der Waals surface area contributed by atoms with Gasteiger partial charge in [0.2, 0.25) is 0 Å². The maximum absolute atomic E-state index is 4.31. The van der Waals surface area contributed by atoms with E-state index in [0.717, 1.165) is 18.2 Å². The molecule has 3 nitrogen and oxygen atoms in total. The largest absolute Gasteiger partial charge is 0.384 e. The van der Waals surface area contributed by atoms with Gasteiger partial charge in [-0.05, 0) is 31.7 Å². The van der Waals surface area contributed by atoms with E-state index in [1.807, 2.05) is 12.4 Å². The zero-order valence-corrected chi connectivity index (χ0v) is 10.9. The van der Waals surface area contributed by atoms with E-state index in [-0.39, 0.29) is 0 Å². The van der Waals surface area contributed by atoms with E-state index < -0.39 is 0 Å². The molecule has 2 heterocycles. The highest BCUT2D eigenvalue weighted by Crippen LogP contribution is 2.25. The lowest BCUT2D eigenvalue weighted by Gasteiger charge is -2.33. The maximum atomic E-state index is 4.31. The molecule has 0 atom stereocenters. The van der Waals surface area contributed by atoms with Crippen molar-refractivity contribution in [1.29, 1.82) is 0 Å². The highest BCUT2D eigenvalue weighted by atomic mass is 15.1. The van der Waals surface area contributed by atoms with Crippen LogP contribution in [0.5, 0.6) is 0 Å². The zero-order valence-electron chi connectivity index (χ0n) is 10.9. The average Bonchev–Trinajstić information content (AvgIpc) is 2.40. The Labute approximate surface area is 104 Å². The van der Waals surface area contributed by atoms with Crippen molar-refractivity contribution in [3.63, 3.8) is 0 Å². The molecule has 94 valence electrons. The molecule has 17 heavy (non-hydrogen) atoms. The van der Waals surface area contributed by atoms with Crippen molar-refractivity contribution in [2.24, 2.45) is 5.92 Å². The van der Waals surface area contributed by atoms with Gasteiger partial charge in [-0.2, -0.15) is 0 Å². The van der Waals surface area contributed by atoms with Crippen LogP contribution in [0.4, 0.5) is 11.4 Å². The molecule has 0 unspecified atom stereocenters. The molecular weight excluding hydrogens is 210 g/mol. The van der Waals surface area contributed by atoms with Gasteiger partial charge in [-0.1, -0.05) is 13.3 Å². The van der Waals surface area contributed by atoms with Gasteiger partial charge < -0.3 is 10.2 Å². The first-order valence-electron chi connectivity index (χ1n) is 6.77. The zero-order chi connectivity index (χ0) is 12.1. The van der Waals surface area contributed by atoms with E-state index in [4.69, 9.17) is 0 Å². The summed E-state index contributed by atoms with van der Waals surface area (Å²) in [5.74, 6) is 0.927. The van der Waals surface area contributed by atoms with Crippen molar-refractivity contribution in [2.45, 2.75) is 33.1 Å². The number of aromatic nitrogens is 1. The topological polar surface area (TPSA) is 28.2 Å². The number of nitrogens with one attached hydrogen (secondary N) is 1. The standard InChI is InChI=1S/C14H23N3/c1-3-12-5-7-17(8-6-12)14-9-13(16-4-2)10-15-11-14/h9-12,16H,3-8H2,1-2H3. The van der Waals surface area contributed by atoms with Crippen LogP contribution in [-0.4, -0.2) is 24.6 Å². The van der Waals surface area contributed by atoms with Gasteiger partial charge >= 0.3 is 0 Å². The molecule has 1 aromatic rings. The molecule has 2 rings (SSSR count). The first kappa shape index (κ1) is 12.2. The number of piperidine rings is 1. The molecule has 0 saturated carbocycles. The first-order chi connectivity index (χ1) is 8.33. The lowest BCUT2D eigenvalue weighted by Crippen LogP contribution is -2.33. The van der Waals surface area contributed by atoms with Gasteiger partial charge in [0, 0.05) is 19.6 Å². The minimum atomic E-state index is 0.927. The van der Waals surface area contributed by atoms with Gasteiger partial charge in [0.05, 0.1) is 23.8 Å². The van der Waals surface area contributed by atoms with Crippen molar-refractivity contribution in [2.75, 3.05) is 29.9 Å². The fourth-order valence-corrected chi connectivity index (χ4v) is 2.50. The summed E-state index contributed by atoms with van der Waals surface area (Å²) in [6.07, 6.45) is 7.84. The van der Waals surface area contributed by atoms with Crippen LogP contribution < -0.4 is 10.2 Å². The van der Waals surface area contributed by atoms with E-state index in [0.29, 0.717) is 0 Å². The second kappa shape index (κ2) is 5.89. The van der Waals surface area contributed by atoms with Gasteiger partial charge in [0.25, 0.3) is 0 Å². The van der Waals surface area contributed by atoms with Crippen molar-refractivity contribution < 1.29 is 0 Å². The third-order valence-corrected chi connectivity index (χ3v) is 3.66. The number of hydrogen-bond donors (Lipinski definition) is 1. The Kier molecular flexibility index (Phi) is 4.24. The lowest BCUT2D eigenvalue weighted by atomic mass is 9.94. The smallest absolute Gasteiger partial charge is 0.0573 e. The molecule has 0 bridgehead atoms. The molecule has 1 N–H and O–H groups in total. The Morgan fingerprint density at radius 3 is 2.71 bits per heavy atom. The lowest BCUT2D eigenvalue weighted by molar-refractivity contribution is 0.395. The molecule has 1 aliphatic heterocycles. The second-order valence-electron chi connectivity index (χ2n) is 4.80. The summed E-state index contributed by atoms with van der Waals surface area (Å²) in [6.45, 7) is 7.71. The molecule has 1 aromatic heterocycles. The Hall–Kier alpha value is -1.25.